The molecular formula is C44H26N2S. The maximum atomic E-state index is 2.48. The molecule has 0 unspecified atom stereocenters. The van der Waals surface area contributed by atoms with Gasteiger partial charge < -0.3 is 9.47 Å². The van der Waals surface area contributed by atoms with Gasteiger partial charge in [0.1, 0.15) is 0 Å². The van der Waals surface area contributed by atoms with Gasteiger partial charge in [0.15, 0.2) is 0 Å². The summed E-state index contributed by atoms with van der Waals surface area (Å²) < 4.78 is 5.08. The molecule has 0 fully saturated rings. The van der Waals surface area contributed by atoms with E-state index >= 15 is 0 Å². The Morgan fingerprint density at radius 2 is 1.04 bits per heavy atom. The van der Waals surface area contributed by atoms with Gasteiger partial charge in [-0.25, -0.2) is 0 Å². The molecule has 10 aromatic rings. The smallest absolute Gasteiger partial charge is 0.0640 e. The van der Waals surface area contributed by atoms with Crippen molar-refractivity contribution >= 4 is 91.9 Å². The standard InChI is InChI=1S/C44H26N2S/c1-2-12-28-25-29(24-23-27(28)11-1)45-36-19-6-5-15-32(36)33-16-9-17-34-42(33)40(45)26-41-43(34)35-18-10-22-39(44(35)47-41)46-37-20-7-3-13-30(37)31-14-4-8-21-38(31)46/h1-26H. The molecule has 0 saturated heterocycles. The number of hydrogen-bond acceptors (Lipinski definition) is 2. The SMILES string of the molecule is c1ccc2c(c1)-c1cccc3c1c(cc1sc4c(-n5c6ccccc6c6ccccc65)cccc4c13)N2c1ccc2ccccc2c1. The summed E-state index contributed by atoms with van der Waals surface area (Å²) in [5, 5.41) is 10.3. The fourth-order valence-electron chi connectivity index (χ4n) is 8.11. The number of benzene rings is 8. The van der Waals surface area contributed by atoms with Gasteiger partial charge in [0, 0.05) is 42.9 Å². The highest BCUT2D eigenvalue weighted by atomic mass is 32.1. The molecule has 3 heterocycles. The van der Waals surface area contributed by atoms with Crippen molar-refractivity contribution in [2.45, 2.75) is 0 Å². The Morgan fingerprint density at radius 1 is 0.404 bits per heavy atom. The summed E-state index contributed by atoms with van der Waals surface area (Å²) in [4.78, 5) is 2.48. The van der Waals surface area contributed by atoms with Crippen LogP contribution in [0, 0.1) is 0 Å². The summed E-state index contributed by atoms with van der Waals surface area (Å²) in [6.45, 7) is 0. The van der Waals surface area contributed by atoms with Crippen LogP contribution in [-0.4, -0.2) is 4.57 Å². The highest BCUT2D eigenvalue weighted by Gasteiger charge is 2.28. The minimum atomic E-state index is 1.18. The molecule has 0 atom stereocenters. The molecular weight excluding hydrogens is 589 g/mol. The van der Waals surface area contributed by atoms with Gasteiger partial charge in [-0.15, -0.1) is 11.3 Å². The number of anilines is 3. The summed E-state index contributed by atoms with van der Waals surface area (Å²) >= 11 is 1.91. The van der Waals surface area contributed by atoms with E-state index in [1.807, 2.05) is 11.3 Å². The lowest BCUT2D eigenvalue weighted by atomic mass is 9.89. The van der Waals surface area contributed by atoms with Crippen LogP contribution in [0.1, 0.15) is 0 Å². The van der Waals surface area contributed by atoms with Crippen LogP contribution in [0.2, 0.25) is 0 Å². The molecule has 11 rings (SSSR count). The summed E-state index contributed by atoms with van der Waals surface area (Å²) in [7, 11) is 0. The molecule has 0 radical (unpaired) electrons. The van der Waals surface area contributed by atoms with E-state index in [2.05, 4.69) is 167 Å². The zero-order valence-corrected chi connectivity index (χ0v) is 26.1. The molecule has 0 aliphatic carbocycles. The van der Waals surface area contributed by atoms with E-state index < -0.39 is 0 Å². The van der Waals surface area contributed by atoms with Crippen molar-refractivity contribution in [1.82, 2.24) is 4.57 Å². The van der Waals surface area contributed by atoms with Crippen molar-refractivity contribution in [3.05, 3.63) is 158 Å². The zero-order chi connectivity index (χ0) is 30.6. The number of aromatic nitrogens is 1. The monoisotopic (exact) mass is 614 g/mol. The van der Waals surface area contributed by atoms with E-state index in [1.54, 1.807) is 0 Å². The van der Waals surface area contributed by atoms with Gasteiger partial charge in [-0.1, -0.05) is 115 Å². The predicted molar refractivity (Wildman–Crippen MR) is 202 cm³/mol. The van der Waals surface area contributed by atoms with Gasteiger partial charge in [-0.3, -0.25) is 0 Å². The molecule has 2 aromatic heterocycles. The Balaban J connectivity index is 1.26. The van der Waals surface area contributed by atoms with Crippen molar-refractivity contribution in [2.75, 3.05) is 4.90 Å². The van der Waals surface area contributed by atoms with Crippen molar-refractivity contribution in [3.63, 3.8) is 0 Å². The van der Waals surface area contributed by atoms with E-state index in [9.17, 15) is 0 Å². The van der Waals surface area contributed by atoms with Gasteiger partial charge in [-0.05, 0) is 64.2 Å². The number of hydrogen-bond donors (Lipinski definition) is 0. The first-order chi connectivity index (χ1) is 23.3. The summed E-state index contributed by atoms with van der Waals surface area (Å²) in [5.74, 6) is 0. The van der Waals surface area contributed by atoms with Gasteiger partial charge in [-0.2, -0.15) is 0 Å². The lowest BCUT2D eigenvalue weighted by Gasteiger charge is -2.34. The van der Waals surface area contributed by atoms with E-state index in [0.29, 0.717) is 0 Å². The van der Waals surface area contributed by atoms with Crippen LogP contribution in [0.25, 0.3) is 80.3 Å². The van der Waals surface area contributed by atoms with Crippen LogP contribution in [0.15, 0.2) is 158 Å². The summed E-state index contributed by atoms with van der Waals surface area (Å²) in [6, 6.07) is 58.1. The van der Waals surface area contributed by atoms with Crippen molar-refractivity contribution in [3.8, 4) is 16.8 Å². The topological polar surface area (TPSA) is 8.17 Å². The first-order valence-electron chi connectivity index (χ1n) is 16.1. The maximum absolute atomic E-state index is 2.48. The second kappa shape index (κ2) is 9.32. The van der Waals surface area contributed by atoms with E-state index in [4.69, 9.17) is 0 Å². The largest absolute Gasteiger partial charge is 0.309 e. The van der Waals surface area contributed by atoms with Crippen molar-refractivity contribution < 1.29 is 0 Å². The van der Waals surface area contributed by atoms with E-state index in [1.165, 1.54) is 97.4 Å². The normalized spacial score (nSPS) is 12.6. The molecule has 47 heavy (non-hydrogen) atoms. The number of nitrogens with zero attached hydrogens (tertiary/aromatic N) is 2. The van der Waals surface area contributed by atoms with Gasteiger partial charge in [0.2, 0.25) is 0 Å². The molecule has 0 saturated carbocycles. The molecule has 218 valence electrons. The highest BCUT2D eigenvalue weighted by molar-refractivity contribution is 7.26. The highest BCUT2D eigenvalue weighted by Crippen LogP contribution is 2.54. The minimum Gasteiger partial charge on any atom is -0.309 e. The van der Waals surface area contributed by atoms with Crippen LogP contribution < -0.4 is 4.90 Å². The Morgan fingerprint density at radius 3 is 1.89 bits per heavy atom. The van der Waals surface area contributed by atoms with Crippen LogP contribution in [0.3, 0.4) is 0 Å². The average molecular weight is 615 g/mol. The fourth-order valence-corrected chi connectivity index (χ4v) is 9.37. The molecule has 2 nitrogen and oxygen atoms in total. The van der Waals surface area contributed by atoms with Crippen molar-refractivity contribution in [1.29, 1.82) is 0 Å². The van der Waals surface area contributed by atoms with Crippen LogP contribution >= 0.6 is 11.3 Å². The number of para-hydroxylation sites is 3. The molecule has 0 bridgehead atoms. The molecule has 0 amide bonds. The fraction of sp³-hybridized carbons (Fsp3) is 0. The van der Waals surface area contributed by atoms with Gasteiger partial charge in [0.25, 0.3) is 0 Å². The molecule has 0 spiro atoms. The molecule has 8 aromatic carbocycles. The maximum Gasteiger partial charge on any atom is 0.0640 e. The van der Waals surface area contributed by atoms with Gasteiger partial charge in [0.05, 0.1) is 32.8 Å². The second-order valence-electron chi connectivity index (χ2n) is 12.5. The van der Waals surface area contributed by atoms with Crippen LogP contribution in [0.4, 0.5) is 17.1 Å². The van der Waals surface area contributed by atoms with E-state index in [0.717, 1.165) is 0 Å². The number of fused-ring (bicyclic) bond motifs is 10. The molecule has 0 N–H and O–H groups in total. The molecule has 1 aliphatic heterocycles. The lowest BCUT2D eigenvalue weighted by Crippen LogP contribution is -2.15. The van der Waals surface area contributed by atoms with E-state index in [-0.39, 0.29) is 0 Å². The summed E-state index contributed by atoms with van der Waals surface area (Å²) in [6.07, 6.45) is 0. The molecule has 3 heteroatoms. The first-order valence-corrected chi connectivity index (χ1v) is 16.9. The Bertz CT molecular complexity index is 2870. The van der Waals surface area contributed by atoms with Crippen LogP contribution in [-0.2, 0) is 0 Å². The first kappa shape index (κ1) is 25.3. The number of rotatable bonds is 2. The predicted octanol–water partition coefficient (Wildman–Crippen LogP) is 12.9. The average Bonchev–Trinajstić information content (AvgIpc) is 3.68. The third-order valence-electron chi connectivity index (χ3n) is 10.1. The third kappa shape index (κ3) is 3.39. The summed E-state index contributed by atoms with van der Waals surface area (Å²) in [5.41, 5.74) is 9.91. The second-order valence-corrected chi connectivity index (χ2v) is 13.6. The number of thiophene rings is 1. The Kier molecular flexibility index (Phi) is 5.02. The zero-order valence-electron chi connectivity index (χ0n) is 25.3. The quantitative estimate of drug-likeness (QED) is 0.188. The van der Waals surface area contributed by atoms with Crippen molar-refractivity contribution in [2.24, 2.45) is 0 Å². The third-order valence-corrected chi connectivity index (χ3v) is 11.2. The molecule has 1 aliphatic rings. The van der Waals surface area contributed by atoms with Crippen LogP contribution in [0.5, 0.6) is 0 Å². The minimum absolute atomic E-state index is 1.18. The Labute approximate surface area is 275 Å². The van der Waals surface area contributed by atoms with Gasteiger partial charge >= 0.3 is 0 Å². The Hall–Kier alpha value is -5.90. The lowest BCUT2D eigenvalue weighted by molar-refractivity contribution is 1.20.